The van der Waals surface area contributed by atoms with Crippen molar-refractivity contribution in [2.45, 2.75) is 69.5 Å². The van der Waals surface area contributed by atoms with Gasteiger partial charge in [-0.1, -0.05) is 26.2 Å². The Kier molecular flexibility index (Phi) is 9.56. The number of ether oxygens (including phenoxy) is 1. The highest BCUT2D eigenvalue weighted by Gasteiger charge is 2.32. The Hall–Kier alpha value is -2.63. The van der Waals surface area contributed by atoms with Crippen LogP contribution in [0.4, 0.5) is 5.69 Å². The maximum atomic E-state index is 13.4. The Labute approximate surface area is 232 Å². The second-order valence-electron chi connectivity index (χ2n) is 11.4. The molecule has 0 unspecified atom stereocenters. The van der Waals surface area contributed by atoms with Crippen LogP contribution in [0.2, 0.25) is 0 Å². The summed E-state index contributed by atoms with van der Waals surface area (Å²) >= 11 is 0. The summed E-state index contributed by atoms with van der Waals surface area (Å²) < 4.78 is 36.5. The van der Waals surface area contributed by atoms with E-state index in [1.165, 1.54) is 44.6 Å². The fourth-order valence-electron chi connectivity index (χ4n) is 5.64. The van der Waals surface area contributed by atoms with Crippen LogP contribution in [0.3, 0.4) is 0 Å². The summed E-state index contributed by atoms with van der Waals surface area (Å²) in [6, 6.07) is 4.72. The molecule has 10 nitrogen and oxygen atoms in total. The second kappa shape index (κ2) is 12.7. The lowest BCUT2D eigenvalue weighted by Gasteiger charge is -2.35. The van der Waals surface area contributed by atoms with Gasteiger partial charge in [0.2, 0.25) is 5.91 Å². The molecule has 1 aliphatic carbocycles. The Morgan fingerprint density at radius 3 is 2.64 bits per heavy atom. The Morgan fingerprint density at radius 2 is 1.97 bits per heavy atom. The van der Waals surface area contributed by atoms with Crippen molar-refractivity contribution >= 4 is 21.6 Å². The Bertz CT molecular complexity index is 1230. The number of sulfonamides is 1. The summed E-state index contributed by atoms with van der Waals surface area (Å²) in [7, 11) is -0.0589. The predicted octanol–water partition coefficient (Wildman–Crippen LogP) is 2.88. The molecule has 1 saturated carbocycles. The number of carbonyl (C=O) groups excluding carboxylic acids is 1. The maximum absolute atomic E-state index is 13.4. The van der Waals surface area contributed by atoms with Gasteiger partial charge in [-0.15, -0.1) is 0 Å². The maximum Gasteiger partial charge on any atom is 0.280 e. The average Bonchev–Trinajstić information content (AvgIpc) is 3.36. The lowest BCUT2D eigenvalue weighted by molar-refractivity contribution is -0.134. The first-order chi connectivity index (χ1) is 18.6. The van der Waals surface area contributed by atoms with Crippen LogP contribution in [0.1, 0.15) is 51.5 Å². The number of likely N-dealkylation sites (N-methyl/N-ethyl adjacent to an activating group) is 1. The van der Waals surface area contributed by atoms with Crippen LogP contribution in [-0.2, 0) is 28.3 Å². The number of hydrogen-bond donors (Lipinski definition) is 2. The minimum Gasteiger partial charge on any atom is -0.488 e. The van der Waals surface area contributed by atoms with E-state index in [0.29, 0.717) is 36.0 Å². The number of aromatic nitrogens is 2. The van der Waals surface area contributed by atoms with E-state index in [1.807, 2.05) is 6.92 Å². The number of rotatable bonds is 9. The van der Waals surface area contributed by atoms with Gasteiger partial charge >= 0.3 is 0 Å². The lowest BCUT2D eigenvalue weighted by atomic mass is 9.89. The standard InChI is InChI=1S/C28H43N5O5S/c1-20-14-33(21(2)18-34)28(35)13-23-12-24(30-39(36,37)27-17-32(4)19-29-27)10-11-25(23)38-26(20)16-31(3)15-22-8-6-5-7-9-22/h10-12,17,19-22,26,30,34H,5-9,13-16,18H2,1-4H3/t20-,21-,26+/m1/s1. The van der Waals surface area contributed by atoms with Gasteiger partial charge in [0.05, 0.1) is 25.4 Å². The first kappa shape index (κ1) is 29.4. The summed E-state index contributed by atoms with van der Waals surface area (Å²) in [5.74, 6) is 1.16. The summed E-state index contributed by atoms with van der Waals surface area (Å²) in [5.41, 5.74) is 0.932. The van der Waals surface area contributed by atoms with Gasteiger partial charge < -0.3 is 24.2 Å². The largest absolute Gasteiger partial charge is 0.488 e. The van der Waals surface area contributed by atoms with Crippen LogP contribution in [-0.4, -0.2) is 84.2 Å². The summed E-state index contributed by atoms with van der Waals surface area (Å²) in [4.78, 5) is 21.4. The SMILES string of the molecule is C[C@@H]1CN([C@H](C)CO)C(=O)Cc2cc(NS(=O)(=O)c3cn(C)cn3)ccc2O[C@H]1CN(C)CC1CCCCC1. The molecule has 11 heteroatoms. The molecule has 2 aliphatic rings. The number of hydrogen-bond acceptors (Lipinski definition) is 7. The number of benzene rings is 1. The number of amides is 1. The molecule has 2 heterocycles. The van der Waals surface area contributed by atoms with Crippen LogP contribution >= 0.6 is 0 Å². The highest BCUT2D eigenvalue weighted by atomic mass is 32.2. The number of aliphatic hydroxyl groups excluding tert-OH is 1. The van der Waals surface area contributed by atoms with Crippen molar-refractivity contribution < 1.29 is 23.1 Å². The second-order valence-corrected chi connectivity index (χ2v) is 13.0. The van der Waals surface area contributed by atoms with E-state index < -0.39 is 10.0 Å². The summed E-state index contributed by atoms with van der Waals surface area (Å²) in [6.45, 7) is 5.98. The quantitative estimate of drug-likeness (QED) is 0.484. The van der Waals surface area contributed by atoms with Gasteiger partial charge in [-0.3, -0.25) is 9.52 Å². The number of carbonyl (C=O) groups is 1. The van der Waals surface area contributed by atoms with Crippen molar-refractivity contribution in [3.63, 3.8) is 0 Å². The van der Waals surface area contributed by atoms with Gasteiger partial charge in [0.15, 0.2) is 5.03 Å². The van der Waals surface area contributed by atoms with Crippen LogP contribution in [0.5, 0.6) is 5.75 Å². The fourth-order valence-corrected chi connectivity index (χ4v) is 6.67. The van der Waals surface area contributed by atoms with E-state index in [-0.39, 0.29) is 42.0 Å². The molecule has 216 valence electrons. The van der Waals surface area contributed by atoms with E-state index in [4.69, 9.17) is 4.74 Å². The molecule has 0 bridgehead atoms. The third-order valence-electron chi connectivity index (χ3n) is 7.91. The van der Waals surface area contributed by atoms with Crippen molar-refractivity contribution in [2.75, 3.05) is 38.0 Å². The molecule has 1 fully saturated rings. The van der Waals surface area contributed by atoms with Crippen LogP contribution < -0.4 is 9.46 Å². The molecule has 2 N–H and O–H groups in total. The molecule has 1 aromatic carbocycles. The Balaban J connectivity index is 1.60. The summed E-state index contributed by atoms with van der Waals surface area (Å²) in [6.07, 6.45) is 9.15. The molecular weight excluding hydrogens is 518 g/mol. The van der Waals surface area contributed by atoms with Gasteiger partial charge in [0.1, 0.15) is 11.9 Å². The predicted molar refractivity (Wildman–Crippen MR) is 150 cm³/mol. The van der Waals surface area contributed by atoms with Gasteiger partial charge in [0, 0.05) is 50.0 Å². The van der Waals surface area contributed by atoms with Crippen molar-refractivity contribution in [1.29, 1.82) is 0 Å². The highest BCUT2D eigenvalue weighted by molar-refractivity contribution is 7.92. The minimum absolute atomic E-state index is 0.0186. The zero-order chi connectivity index (χ0) is 28.2. The van der Waals surface area contributed by atoms with Gasteiger partial charge in [-0.2, -0.15) is 8.42 Å². The first-order valence-corrected chi connectivity index (χ1v) is 15.4. The van der Waals surface area contributed by atoms with E-state index in [2.05, 4.69) is 28.6 Å². The molecule has 0 spiro atoms. The van der Waals surface area contributed by atoms with Gasteiger partial charge in [-0.05, 0) is 50.9 Å². The number of aryl methyl sites for hydroxylation is 1. The normalized spacial score (nSPS) is 22.0. The fraction of sp³-hybridized carbons (Fsp3) is 0.643. The molecule has 1 aromatic heterocycles. The van der Waals surface area contributed by atoms with Crippen LogP contribution in [0.25, 0.3) is 0 Å². The van der Waals surface area contributed by atoms with Crippen LogP contribution in [0.15, 0.2) is 35.7 Å². The molecule has 4 rings (SSSR count). The smallest absolute Gasteiger partial charge is 0.280 e. The third-order valence-corrected chi connectivity index (χ3v) is 9.18. The zero-order valence-corrected chi connectivity index (χ0v) is 24.4. The van der Waals surface area contributed by atoms with Gasteiger partial charge in [0.25, 0.3) is 10.0 Å². The lowest BCUT2D eigenvalue weighted by Crippen LogP contribution is -2.48. The highest BCUT2D eigenvalue weighted by Crippen LogP contribution is 2.30. The number of nitrogens with zero attached hydrogens (tertiary/aromatic N) is 4. The molecule has 3 atom stereocenters. The number of imidazole rings is 1. The van der Waals surface area contributed by atoms with E-state index in [9.17, 15) is 18.3 Å². The molecule has 1 aliphatic heterocycles. The average molecular weight is 562 g/mol. The first-order valence-electron chi connectivity index (χ1n) is 13.9. The minimum atomic E-state index is -3.89. The molecule has 0 saturated heterocycles. The Morgan fingerprint density at radius 1 is 1.23 bits per heavy atom. The molecular formula is C28H43N5O5S. The molecule has 2 aromatic rings. The van der Waals surface area contributed by atoms with E-state index >= 15 is 0 Å². The molecule has 39 heavy (non-hydrogen) atoms. The van der Waals surface area contributed by atoms with Gasteiger partial charge in [-0.25, -0.2) is 4.98 Å². The molecule has 0 radical (unpaired) electrons. The number of fused-ring (bicyclic) bond motifs is 1. The molecule has 1 amide bonds. The van der Waals surface area contributed by atoms with E-state index in [1.54, 1.807) is 34.7 Å². The number of nitrogens with one attached hydrogen (secondary N) is 1. The van der Waals surface area contributed by atoms with Crippen molar-refractivity contribution in [2.24, 2.45) is 18.9 Å². The van der Waals surface area contributed by atoms with Crippen molar-refractivity contribution in [3.8, 4) is 5.75 Å². The topological polar surface area (TPSA) is 117 Å². The van der Waals surface area contributed by atoms with E-state index in [0.717, 1.165) is 6.54 Å². The van der Waals surface area contributed by atoms with Crippen LogP contribution in [0, 0.1) is 11.8 Å². The number of anilines is 1. The van der Waals surface area contributed by atoms with Crippen molar-refractivity contribution in [1.82, 2.24) is 19.4 Å². The zero-order valence-electron chi connectivity index (χ0n) is 23.5. The third kappa shape index (κ3) is 7.52. The monoisotopic (exact) mass is 561 g/mol. The summed E-state index contributed by atoms with van der Waals surface area (Å²) in [5, 5.41) is 9.79. The van der Waals surface area contributed by atoms with Crippen molar-refractivity contribution in [3.05, 3.63) is 36.3 Å². The number of aliphatic hydroxyl groups is 1.